The highest BCUT2D eigenvalue weighted by molar-refractivity contribution is 5.84. The molecule has 6 nitrogen and oxygen atoms in total. The summed E-state index contributed by atoms with van der Waals surface area (Å²) in [6.45, 7) is -0.706. The van der Waals surface area contributed by atoms with Gasteiger partial charge in [0.1, 0.15) is 18.8 Å². The molecule has 2 aromatic rings. The predicted octanol–water partition coefficient (Wildman–Crippen LogP) is -0.0659. The largest absolute Gasteiger partial charge is 0.462 e. The van der Waals surface area contributed by atoms with Crippen LogP contribution in [-0.4, -0.2) is 46.5 Å². The Labute approximate surface area is 116 Å². The van der Waals surface area contributed by atoms with E-state index in [1.807, 2.05) is 30.5 Å². The van der Waals surface area contributed by atoms with E-state index in [1.165, 1.54) is 0 Å². The molecule has 1 aromatic carbocycles. The Morgan fingerprint density at radius 1 is 1.40 bits per heavy atom. The van der Waals surface area contributed by atoms with E-state index in [4.69, 9.17) is 20.7 Å². The van der Waals surface area contributed by atoms with Gasteiger partial charge < -0.3 is 25.7 Å². The molecule has 2 rings (SSSR count). The van der Waals surface area contributed by atoms with Crippen molar-refractivity contribution in [1.82, 2.24) is 4.98 Å². The minimum Gasteiger partial charge on any atom is -0.462 e. The Kier molecular flexibility index (Phi) is 4.73. The summed E-state index contributed by atoms with van der Waals surface area (Å²) in [5.41, 5.74) is 7.72. The van der Waals surface area contributed by atoms with Crippen molar-refractivity contribution < 1.29 is 19.7 Å². The van der Waals surface area contributed by atoms with Crippen molar-refractivity contribution in [2.24, 2.45) is 5.73 Å². The van der Waals surface area contributed by atoms with Crippen LogP contribution in [0.3, 0.4) is 0 Å². The van der Waals surface area contributed by atoms with E-state index in [1.54, 1.807) is 0 Å². The van der Waals surface area contributed by atoms with Crippen LogP contribution < -0.4 is 5.73 Å². The molecule has 1 unspecified atom stereocenters. The zero-order chi connectivity index (χ0) is 14.5. The predicted molar refractivity (Wildman–Crippen MR) is 74.0 cm³/mol. The standard InChI is InChI=1S/C14H18N2O4/c15-12(14(19)20-8-10(18)7-17)5-9-6-16-13-4-2-1-3-11(9)13/h1-4,6,10,12,16-18H,5,7-8,15H2/t10?,12-/m0/s1. The van der Waals surface area contributed by atoms with Crippen LogP contribution in [0.2, 0.25) is 0 Å². The summed E-state index contributed by atoms with van der Waals surface area (Å²) >= 11 is 0. The molecule has 0 fully saturated rings. The number of nitrogens with two attached hydrogens (primary N) is 1. The van der Waals surface area contributed by atoms with Crippen LogP contribution in [-0.2, 0) is 16.0 Å². The lowest BCUT2D eigenvalue weighted by molar-refractivity contribution is -0.148. The molecule has 0 radical (unpaired) electrons. The van der Waals surface area contributed by atoms with Crippen LogP contribution in [0.5, 0.6) is 0 Å². The van der Waals surface area contributed by atoms with Crippen LogP contribution in [0.4, 0.5) is 0 Å². The molecule has 5 N–H and O–H groups in total. The van der Waals surface area contributed by atoms with E-state index < -0.39 is 24.7 Å². The van der Waals surface area contributed by atoms with Gasteiger partial charge in [0.25, 0.3) is 0 Å². The lowest BCUT2D eigenvalue weighted by Gasteiger charge is -2.13. The third kappa shape index (κ3) is 3.36. The van der Waals surface area contributed by atoms with Gasteiger partial charge in [-0.3, -0.25) is 4.79 Å². The van der Waals surface area contributed by atoms with E-state index in [0.717, 1.165) is 16.5 Å². The van der Waals surface area contributed by atoms with Gasteiger partial charge in [-0.05, 0) is 11.6 Å². The second-order valence-electron chi connectivity index (χ2n) is 4.64. The Morgan fingerprint density at radius 3 is 2.90 bits per heavy atom. The number of hydrogen-bond donors (Lipinski definition) is 4. The fourth-order valence-corrected chi connectivity index (χ4v) is 1.96. The first kappa shape index (κ1) is 14.5. The minimum atomic E-state index is -1.07. The SMILES string of the molecule is N[C@@H](Cc1c[nH]c2ccccc12)C(=O)OCC(O)CO. The monoisotopic (exact) mass is 278 g/mol. The molecule has 0 saturated heterocycles. The number of aromatic nitrogens is 1. The zero-order valence-electron chi connectivity index (χ0n) is 11.0. The molecular weight excluding hydrogens is 260 g/mol. The molecule has 0 aliphatic heterocycles. The number of benzene rings is 1. The molecule has 2 atom stereocenters. The number of aliphatic hydroxyl groups excluding tert-OH is 2. The average molecular weight is 278 g/mol. The fraction of sp³-hybridized carbons (Fsp3) is 0.357. The molecular formula is C14H18N2O4. The summed E-state index contributed by atoms with van der Waals surface area (Å²) in [4.78, 5) is 14.8. The smallest absolute Gasteiger partial charge is 0.323 e. The van der Waals surface area contributed by atoms with Gasteiger partial charge in [0.15, 0.2) is 0 Å². The fourth-order valence-electron chi connectivity index (χ4n) is 1.96. The highest BCUT2D eigenvalue weighted by Crippen LogP contribution is 2.18. The van der Waals surface area contributed by atoms with E-state index in [-0.39, 0.29) is 6.61 Å². The van der Waals surface area contributed by atoms with Gasteiger partial charge in [0.05, 0.1) is 6.61 Å². The van der Waals surface area contributed by atoms with Gasteiger partial charge in [-0.2, -0.15) is 0 Å². The number of para-hydroxylation sites is 1. The molecule has 1 heterocycles. The van der Waals surface area contributed by atoms with Gasteiger partial charge in [0.2, 0.25) is 0 Å². The summed E-state index contributed by atoms with van der Waals surface area (Å²) in [7, 11) is 0. The van der Waals surface area contributed by atoms with Crippen molar-refractivity contribution in [1.29, 1.82) is 0 Å². The summed E-state index contributed by atoms with van der Waals surface area (Å²) in [5, 5.41) is 18.8. The van der Waals surface area contributed by atoms with Gasteiger partial charge in [-0.25, -0.2) is 0 Å². The van der Waals surface area contributed by atoms with Crippen LogP contribution in [0.25, 0.3) is 10.9 Å². The average Bonchev–Trinajstić information content (AvgIpc) is 2.87. The minimum absolute atomic E-state index is 0.253. The second kappa shape index (κ2) is 6.51. The lowest BCUT2D eigenvalue weighted by atomic mass is 10.1. The number of nitrogens with one attached hydrogen (secondary N) is 1. The number of aromatic amines is 1. The lowest BCUT2D eigenvalue weighted by Crippen LogP contribution is -2.36. The van der Waals surface area contributed by atoms with Crippen molar-refractivity contribution in [3.8, 4) is 0 Å². The van der Waals surface area contributed by atoms with E-state index in [9.17, 15) is 4.79 Å². The van der Waals surface area contributed by atoms with Crippen LogP contribution >= 0.6 is 0 Å². The van der Waals surface area contributed by atoms with Gasteiger partial charge in [0, 0.05) is 23.5 Å². The molecule has 0 aliphatic carbocycles. The molecule has 108 valence electrons. The third-order valence-electron chi connectivity index (χ3n) is 3.05. The van der Waals surface area contributed by atoms with E-state index in [0.29, 0.717) is 6.42 Å². The molecule has 0 saturated carbocycles. The topological polar surface area (TPSA) is 109 Å². The Bertz CT molecular complexity index is 581. The quantitative estimate of drug-likeness (QED) is 0.553. The molecule has 0 aliphatic rings. The van der Waals surface area contributed by atoms with Gasteiger partial charge in [-0.15, -0.1) is 0 Å². The highest BCUT2D eigenvalue weighted by atomic mass is 16.5. The van der Waals surface area contributed by atoms with Crippen molar-refractivity contribution in [2.75, 3.05) is 13.2 Å². The van der Waals surface area contributed by atoms with Crippen molar-refractivity contribution >= 4 is 16.9 Å². The number of ether oxygens (including phenoxy) is 1. The number of carbonyl (C=O) groups excluding carboxylic acids is 1. The molecule has 0 spiro atoms. The van der Waals surface area contributed by atoms with Crippen LogP contribution in [0.1, 0.15) is 5.56 Å². The first-order valence-corrected chi connectivity index (χ1v) is 6.38. The first-order chi connectivity index (χ1) is 9.61. The second-order valence-corrected chi connectivity index (χ2v) is 4.64. The highest BCUT2D eigenvalue weighted by Gasteiger charge is 2.18. The summed E-state index contributed by atoms with van der Waals surface area (Å²) in [5.74, 6) is -0.595. The molecule has 0 bridgehead atoms. The summed E-state index contributed by atoms with van der Waals surface area (Å²) < 4.78 is 4.83. The van der Waals surface area contributed by atoms with Crippen molar-refractivity contribution in [3.63, 3.8) is 0 Å². The maximum absolute atomic E-state index is 11.7. The number of H-pyrrole nitrogens is 1. The van der Waals surface area contributed by atoms with Crippen molar-refractivity contribution in [3.05, 3.63) is 36.0 Å². The van der Waals surface area contributed by atoms with Crippen LogP contribution in [0, 0.1) is 0 Å². The molecule has 20 heavy (non-hydrogen) atoms. The summed E-state index contributed by atoms with van der Waals surface area (Å²) in [6, 6.07) is 6.93. The van der Waals surface area contributed by atoms with Gasteiger partial charge in [-0.1, -0.05) is 18.2 Å². The molecule has 1 aromatic heterocycles. The normalized spacial score (nSPS) is 14.2. The Hall–Kier alpha value is -1.89. The number of aliphatic hydroxyl groups is 2. The number of hydrogen-bond acceptors (Lipinski definition) is 5. The zero-order valence-corrected chi connectivity index (χ0v) is 11.0. The van der Waals surface area contributed by atoms with E-state index >= 15 is 0 Å². The Morgan fingerprint density at radius 2 is 2.15 bits per heavy atom. The Balaban J connectivity index is 1.97. The number of carbonyl (C=O) groups is 1. The van der Waals surface area contributed by atoms with Crippen LogP contribution in [0.15, 0.2) is 30.5 Å². The van der Waals surface area contributed by atoms with E-state index in [2.05, 4.69) is 4.98 Å². The third-order valence-corrected chi connectivity index (χ3v) is 3.05. The molecule has 6 heteroatoms. The number of rotatable bonds is 6. The maximum Gasteiger partial charge on any atom is 0.323 e. The van der Waals surface area contributed by atoms with Crippen molar-refractivity contribution in [2.45, 2.75) is 18.6 Å². The first-order valence-electron chi connectivity index (χ1n) is 6.38. The van der Waals surface area contributed by atoms with Gasteiger partial charge >= 0.3 is 5.97 Å². The molecule has 0 amide bonds. The number of esters is 1. The maximum atomic E-state index is 11.7. The number of fused-ring (bicyclic) bond motifs is 1. The summed E-state index contributed by atoms with van der Waals surface area (Å²) in [6.07, 6.45) is 1.09.